The van der Waals surface area contributed by atoms with Crippen LogP contribution in [-0.2, 0) is 14.8 Å². The molecule has 1 fully saturated rings. The van der Waals surface area contributed by atoms with Crippen LogP contribution in [0.4, 0.5) is 4.39 Å². The van der Waals surface area contributed by atoms with Crippen LogP contribution in [0.15, 0.2) is 41.3 Å². The molecule has 33 heavy (non-hydrogen) atoms. The Bertz CT molecular complexity index is 1210. The summed E-state index contributed by atoms with van der Waals surface area (Å²) in [4.78, 5) is 11.9. The molecule has 1 atom stereocenters. The van der Waals surface area contributed by atoms with E-state index in [2.05, 4.69) is 5.32 Å². The third kappa shape index (κ3) is 5.57. The Balaban J connectivity index is 1.78. The smallest absolute Gasteiger partial charge is 0.244 e. The predicted octanol–water partition coefficient (Wildman–Crippen LogP) is 2.54. The summed E-state index contributed by atoms with van der Waals surface area (Å²) < 4.78 is 46.9. The summed E-state index contributed by atoms with van der Waals surface area (Å²) >= 11 is 11.9. The van der Waals surface area contributed by atoms with Crippen LogP contribution in [0.5, 0.6) is 5.75 Å². The standard InChI is InChI=1S/C21H21Cl2FN4O4S/c1-13(26)20(29)27-9-21(12-32-16-4-2-14(8-25)18(24)7-16)10-28(11-21)33(30,31)19-5-3-15(22)6-17(19)23/h2-7,13H,9-12,26H2,1H3,(H,27,29). The molecule has 0 bridgehead atoms. The molecule has 3 rings (SSSR count). The number of benzene rings is 2. The summed E-state index contributed by atoms with van der Waals surface area (Å²) in [5.41, 5.74) is 4.68. The summed E-state index contributed by atoms with van der Waals surface area (Å²) in [7, 11) is -3.92. The third-order valence-corrected chi connectivity index (χ3v) is 7.70. The number of nitriles is 1. The van der Waals surface area contributed by atoms with E-state index in [-0.39, 0.29) is 47.5 Å². The van der Waals surface area contributed by atoms with Crippen molar-refractivity contribution in [3.8, 4) is 11.8 Å². The highest BCUT2D eigenvalue weighted by Crippen LogP contribution is 2.37. The van der Waals surface area contributed by atoms with Crippen molar-refractivity contribution >= 4 is 39.1 Å². The molecular weight excluding hydrogens is 494 g/mol. The molecule has 0 aromatic heterocycles. The van der Waals surface area contributed by atoms with Gasteiger partial charge in [0.05, 0.1) is 23.2 Å². The molecule has 3 N–H and O–H groups in total. The van der Waals surface area contributed by atoms with E-state index < -0.39 is 33.2 Å². The Kier molecular flexibility index (Phi) is 7.51. The van der Waals surface area contributed by atoms with Gasteiger partial charge in [-0.1, -0.05) is 23.2 Å². The Morgan fingerprint density at radius 2 is 2.03 bits per heavy atom. The predicted molar refractivity (Wildman–Crippen MR) is 121 cm³/mol. The van der Waals surface area contributed by atoms with Gasteiger partial charge in [0.25, 0.3) is 0 Å². The maximum atomic E-state index is 13.9. The molecule has 0 aliphatic carbocycles. The van der Waals surface area contributed by atoms with E-state index in [0.717, 1.165) is 6.07 Å². The lowest BCUT2D eigenvalue weighted by Crippen LogP contribution is -2.65. The Labute approximate surface area is 201 Å². The maximum Gasteiger partial charge on any atom is 0.244 e. The van der Waals surface area contributed by atoms with Crippen molar-refractivity contribution in [2.45, 2.75) is 17.9 Å². The van der Waals surface area contributed by atoms with Crippen molar-refractivity contribution in [1.82, 2.24) is 9.62 Å². The molecule has 1 aliphatic rings. The second kappa shape index (κ2) is 9.83. The van der Waals surface area contributed by atoms with Gasteiger partial charge in [-0.15, -0.1) is 0 Å². The van der Waals surface area contributed by atoms with Gasteiger partial charge in [0.2, 0.25) is 15.9 Å². The van der Waals surface area contributed by atoms with E-state index in [9.17, 15) is 17.6 Å². The number of halogens is 3. The van der Waals surface area contributed by atoms with E-state index in [4.69, 9.17) is 38.9 Å². The van der Waals surface area contributed by atoms with Crippen molar-refractivity contribution in [3.63, 3.8) is 0 Å². The van der Waals surface area contributed by atoms with E-state index in [1.54, 1.807) is 6.07 Å². The minimum Gasteiger partial charge on any atom is -0.493 e. The topological polar surface area (TPSA) is 126 Å². The van der Waals surface area contributed by atoms with Gasteiger partial charge in [0.15, 0.2) is 0 Å². The van der Waals surface area contributed by atoms with Gasteiger partial charge in [0, 0.05) is 36.1 Å². The molecule has 0 spiro atoms. The fourth-order valence-corrected chi connectivity index (χ4v) is 5.71. The highest BCUT2D eigenvalue weighted by molar-refractivity contribution is 7.89. The van der Waals surface area contributed by atoms with E-state index >= 15 is 0 Å². The van der Waals surface area contributed by atoms with Crippen LogP contribution in [0.25, 0.3) is 0 Å². The fraction of sp³-hybridized carbons (Fsp3) is 0.333. The molecule has 1 saturated heterocycles. The van der Waals surface area contributed by atoms with Crippen molar-refractivity contribution in [3.05, 3.63) is 57.8 Å². The third-order valence-electron chi connectivity index (χ3n) is 5.19. The van der Waals surface area contributed by atoms with Crippen LogP contribution in [0, 0.1) is 22.6 Å². The van der Waals surface area contributed by atoms with Gasteiger partial charge in [-0.05, 0) is 37.3 Å². The van der Waals surface area contributed by atoms with Gasteiger partial charge in [-0.25, -0.2) is 12.8 Å². The lowest BCUT2D eigenvalue weighted by Gasteiger charge is -2.48. The number of nitrogens with two attached hydrogens (primary N) is 1. The summed E-state index contributed by atoms with van der Waals surface area (Å²) in [5, 5.41) is 11.9. The van der Waals surface area contributed by atoms with Gasteiger partial charge in [-0.2, -0.15) is 9.57 Å². The number of amides is 1. The first-order valence-electron chi connectivity index (χ1n) is 9.78. The van der Waals surface area contributed by atoms with E-state index in [0.29, 0.717) is 5.02 Å². The molecule has 1 unspecified atom stereocenters. The first kappa shape index (κ1) is 25.2. The zero-order valence-electron chi connectivity index (χ0n) is 17.5. The van der Waals surface area contributed by atoms with Gasteiger partial charge in [0.1, 0.15) is 22.5 Å². The lowest BCUT2D eigenvalue weighted by atomic mass is 9.82. The number of carbonyl (C=O) groups excluding carboxylic acids is 1. The largest absolute Gasteiger partial charge is 0.493 e. The van der Waals surface area contributed by atoms with Gasteiger partial charge in [-0.3, -0.25) is 4.79 Å². The molecule has 1 aliphatic heterocycles. The number of ether oxygens (including phenoxy) is 1. The van der Waals surface area contributed by atoms with Gasteiger partial charge >= 0.3 is 0 Å². The zero-order chi connectivity index (χ0) is 24.4. The Morgan fingerprint density at radius 3 is 2.61 bits per heavy atom. The number of rotatable bonds is 8. The minimum absolute atomic E-state index is 0.00503. The first-order chi connectivity index (χ1) is 15.5. The molecule has 0 radical (unpaired) electrons. The van der Waals surface area contributed by atoms with Crippen LogP contribution in [-0.4, -0.2) is 50.9 Å². The van der Waals surface area contributed by atoms with Crippen LogP contribution in [0.1, 0.15) is 12.5 Å². The summed E-state index contributed by atoms with van der Waals surface area (Å²) in [6.45, 7) is 1.64. The van der Waals surface area contributed by atoms with Crippen molar-refractivity contribution in [2.75, 3.05) is 26.2 Å². The Morgan fingerprint density at radius 1 is 1.33 bits per heavy atom. The van der Waals surface area contributed by atoms with Crippen LogP contribution in [0.2, 0.25) is 10.0 Å². The van der Waals surface area contributed by atoms with Crippen LogP contribution in [0.3, 0.4) is 0 Å². The van der Waals surface area contributed by atoms with Crippen molar-refractivity contribution in [2.24, 2.45) is 11.1 Å². The molecule has 1 heterocycles. The molecule has 8 nitrogen and oxygen atoms in total. The second-order valence-electron chi connectivity index (χ2n) is 7.90. The second-order valence-corrected chi connectivity index (χ2v) is 10.6. The van der Waals surface area contributed by atoms with Crippen molar-refractivity contribution < 1.29 is 22.3 Å². The first-order valence-corrected chi connectivity index (χ1v) is 12.0. The maximum absolute atomic E-state index is 13.9. The SMILES string of the molecule is CC(N)C(=O)NCC1(COc2ccc(C#N)c(F)c2)CN(S(=O)(=O)c2ccc(Cl)cc2Cl)C1. The van der Waals surface area contributed by atoms with E-state index in [1.165, 1.54) is 41.6 Å². The molecule has 2 aromatic carbocycles. The number of hydrogen-bond donors (Lipinski definition) is 2. The highest BCUT2D eigenvalue weighted by atomic mass is 35.5. The summed E-state index contributed by atoms with van der Waals surface area (Å²) in [6, 6.07) is 8.88. The fourth-order valence-electron chi connectivity index (χ4n) is 3.30. The molecule has 0 saturated carbocycles. The monoisotopic (exact) mass is 514 g/mol. The quantitative estimate of drug-likeness (QED) is 0.557. The average molecular weight is 515 g/mol. The van der Waals surface area contributed by atoms with Crippen molar-refractivity contribution in [1.29, 1.82) is 5.26 Å². The lowest BCUT2D eigenvalue weighted by molar-refractivity contribution is -0.123. The van der Waals surface area contributed by atoms with Crippen LogP contribution < -0.4 is 15.8 Å². The summed E-state index contributed by atoms with van der Waals surface area (Å²) in [6.07, 6.45) is 0. The minimum atomic E-state index is -3.92. The number of hydrogen-bond acceptors (Lipinski definition) is 6. The van der Waals surface area contributed by atoms with Crippen LogP contribution >= 0.6 is 23.2 Å². The highest BCUT2D eigenvalue weighted by Gasteiger charge is 2.49. The number of nitrogens with zero attached hydrogens (tertiary/aromatic N) is 2. The van der Waals surface area contributed by atoms with Gasteiger partial charge < -0.3 is 15.8 Å². The molecular formula is C21H21Cl2FN4O4S. The molecule has 2 aromatic rings. The Hall–Kier alpha value is -2.42. The number of nitrogens with one attached hydrogen (secondary N) is 1. The molecule has 12 heteroatoms. The number of carbonyl (C=O) groups is 1. The normalized spacial score (nSPS) is 16.4. The number of sulfonamides is 1. The average Bonchev–Trinajstić information content (AvgIpc) is 2.71. The molecule has 1 amide bonds. The molecule has 176 valence electrons. The summed E-state index contributed by atoms with van der Waals surface area (Å²) in [5.74, 6) is -0.961. The van der Waals surface area contributed by atoms with E-state index in [1.807, 2.05) is 0 Å². The zero-order valence-corrected chi connectivity index (χ0v) is 19.8.